The Balaban J connectivity index is 2.46. The summed E-state index contributed by atoms with van der Waals surface area (Å²) in [6, 6.07) is 10.4. The van der Waals surface area contributed by atoms with E-state index in [1.807, 2.05) is 18.2 Å². The highest BCUT2D eigenvalue weighted by Crippen LogP contribution is 2.43. The Hall–Kier alpha value is -3.15. The molecule has 124 valence electrons. The summed E-state index contributed by atoms with van der Waals surface area (Å²) in [5.74, 6) is 0.308. The van der Waals surface area contributed by atoms with Gasteiger partial charge in [-0.25, -0.2) is 0 Å². The lowest BCUT2D eigenvalue weighted by Crippen LogP contribution is -2.09. The standard InChI is InChI=1S/C18H16O6/c1-21-16-11(19)9-12-13(17(16)22-2)14(20)18(23-3)15(24-12)10-7-5-4-6-8-10/h4-9,19H,1-3H3. The van der Waals surface area contributed by atoms with Crippen LogP contribution in [0.15, 0.2) is 45.6 Å². The van der Waals surface area contributed by atoms with Gasteiger partial charge in [0.25, 0.3) is 0 Å². The summed E-state index contributed by atoms with van der Waals surface area (Å²) >= 11 is 0. The Morgan fingerprint density at radius 3 is 2.12 bits per heavy atom. The molecule has 3 rings (SSSR count). The fraction of sp³-hybridized carbons (Fsp3) is 0.167. The summed E-state index contributed by atoms with van der Waals surface area (Å²) in [5, 5.41) is 10.2. The number of methoxy groups -OCH3 is 3. The third-order valence-electron chi connectivity index (χ3n) is 3.68. The van der Waals surface area contributed by atoms with Crippen molar-refractivity contribution in [1.82, 2.24) is 0 Å². The molecule has 0 bridgehead atoms. The predicted molar refractivity (Wildman–Crippen MR) is 89.2 cm³/mol. The lowest BCUT2D eigenvalue weighted by molar-refractivity contribution is 0.334. The van der Waals surface area contributed by atoms with Crippen LogP contribution in [-0.2, 0) is 0 Å². The first-order valence-electron chi connectivity index (χ1n) is 7.16. The minimum absolute atomic E-state index is 0.0553. The zero-order chi connectivity index (χ0) is 17.3. The fourth-order valence-corrected chi connectivity index (χ4v) is 2.63. The molecule has 0 atom stereocenters. The second kappa shape index (κ2) is 6.16. The van der Waals surface area contributed by atoms with Gasteiger partial charge in [0.15, 0.2) is 17.3 Å². The molecule has 0 fully saturated rings. The molecule has 0 radical (unpaired) electrons. The van der Waals surface area contributed by atoms with E-state index < -0.39 is 5.43 Å². The van der Waals surface area contributed by atoms with Crippen molar-refractivity contribution in [2.75, 3.05) is 21.3 Å². The number of ether oxygens (including phenoxy) is 3. The smallest absolute Gasteiger partial charge is 0.239 e. The SMILES string of the molecule is COc1c(O)cc2oc(-c3ccccc3)c(OC)c(=O)c2c1OC. The van der Waals surface area contributed by atoms with E-state index in [0.29, 0.717) is 5.56 Å². The van der Waals surface area contributed by atoms with Crippen molar-refractivity contribution in [3.05, 3.63) is 46.6 Å². The summed E-state index contributed by atoms with van der Waals surface area (Å²) < 4.78 is 21.5. The van der Waals surface area contributed by atoms with Gasteiger partial charge in [-0.15, -0.1) is 0 Å². The number of fused-ring (bicyclic) bond motifs is 1. The zero-order valence-corrected chi connectivity index (χ0v) is 13.5. The van der Waals surface area contributed by atoms with Gasteiger partial charge in [0.2, 0.25) is 16.9 Å². The van der Waals surface area contributed by atoms with Gasteiger partial charge in [0, 0.05) is 11.6 Å². The molecule has 0 aliphatic heterocycles. The molecule has 0 aliphatic rings. The Kier molecular flexibility index (Phi) is 4.04. The van der Waals surface area contributed by atoms with Gasteiger partial charge in [-0.05, 0) is 0 Å². The van der Waals surface area contributed by atoms with Crippen LogP contribution in [-0.4, -0.2) is 26.4 Å². The molecule has 0 saturated carbocycles. The van der Waals surface area contributed by atoms with Crippen molar-refractivity contribution < 1.29 is 23.7 Å². The van der Waals surface area contributed by atoms with Crippen molar-refractivity contribution in [2.45, 2.75) is 0 Å². The van der Waals surface area contributed by atoms with E-state index in [2.05, 4.69) is 0 Å². The second-order valence-electron chi connectivity index (χ2n) is 4.99. The van der Waals surface area contributed by atoms with E-state index in [-0.39, 0.29) is 39.7 Å². The maximum atomic E-state index is 12.9. The van der Waals surface area contributed by atoms with Crippen molar-refractivity contribution >= 4 is 11.0 Å². The van der Waals surface area contributed by atoms with Gasteiger partial charge in [-0.3, -0.25) is 4.79 Å². The molecule has 0 saturated heterocycles. The van der Waals surface area contributed by atoms with E-state index in [1.54, 1.807) is 12.1 Å². The first-order chi connectivity index (χ1) is 11.6. The van der Waals surface area contributed by atoms with E-state index >= 15 is 0 Å². The lowest BCUT2D eigenvalue weighted by Gasteiger charge is -2.14. The number of aromatic hydroxyl groups is 1. The minimum atomic E-state index is -0.409. The molecule has 24 heavy (non-hydrogen) atoms. The molecule has 6 nitrogen and oxygen atoms in total. The second-order valence-corrected chi connectivity index (χ2v) is 4.99. The summed E-state index contributed by atoms with van der Waals surface area (Å²) in [6.07, 6.45) is 0. The maximum absolute atomic E-state index is 12.9. The number of rotatable bonds is 4. The van der Waals surface area contributed by atoms with Crippen LogP contribution in [0.1, 0.15) is 0 Å². The normalized spacial score (nSPS) is 10.6. The lowest BCUT2D eigenvalue weighted by atomic mass is 10.1. The van der Waals surface area contributed by atoms with Crippen molar-refractivity contribution in [3.63, 3.8) is 0 Å². The molecular formula is C18H16O6. The first kappa shape index (κ1) is 15.7. The Morgan fingerprint density at radius 1 is 0.917 bits per heavy atom. The molecule has 0 aliphatic carbocycles. The number of phenolic OH excluding ortho intramolecular Hbond substituents is 1. The van der Waals surface area contributed by atoms with Gasteiger partial charge in [0.1, 0.15) is 11.0 Å². The molecule has 2 aromatic carbocycles. The maximum Gasteiger partial charge on any atom is 0.239 e. The average molecular weight is 328 g/mol. The van der Waals surface area contributed by atoms with Crippen molar-refractivity contribution in [2.24, 2.45) is 0 Å². The molecular weight excluding hydrogens is 312 g/mol. The predicted octanol–water partition coefficient (Wildman–Crippen LogP) is 3.19. The Labute approximate surface area is 137 Å². The third-order valence-corrected chi connectivity index (χ3v) is 3.68. The van der Waals surface area contributed by atoms with Crippen LogP contribution in [0.4, 0.5) is 0 Å². The highest BCUT2D eigenvalue weighted by atomic mass is 16.5. The summed E-state index contributed by atoms with van der Waals surface area (Å²) in [6.45, 7) is 0. The van der Waals surface area contributed by atoms with Gasteiger partial charge in [-0.1, -0.05) is 30.3 Å². The average Bonchev–Trinajstić information content (AvgIpc) is 2.61. The third kappa shape index (κ3) is 2.32. The summed E-state index contributed by atoms with van der Waals surface area (Å²) in [5.41, 5.74) is 0.449. The number of hydrogen-bond donors (Lipinski definition) is 1. The van der Waals surface area contributed by atoms with Crippen molar-refractivity contribution in [1.29, 1.82) is 0 Å². The first-order valence-corrected chi connectivity index (χ1v) is 7.16. The van der Waals surface area contributed by atoms with Gasteiger partial charge >= 0.3 is 0 Å². The van der Waals surface area contributed by atoms with Gasteiger partial charge in [-0.2, -0.15) is 0 Å². The largest absolute Gasteiger partial charge is 0.504 e. The summed E-state index contributed by atoms with van der Waals surface area (Å²) in [7, 11) is 4.16. The van der Waals surface area contributed by atoms with E-state index in [9.17, 15) is 9.90 Å². The highest BCUT2D eigenvalue weighted by molar-refractivity contribution is 5.91. The molecule has 3 aromatic rings. The number of phenols is 1. The minimum Gasteiger partial charge on any atom is -0.504 e. The monoisotopic (exact) mass is 328 g/mol. The van der Waals surface area contributed by atoms with Gasteiger partial charge in [0.05, 0.1) is 21.3 Å². The molecule has 0 amide bonds. The molecule has 1 aromatic heterocycles. The molecule has 1 N–H and O–H groups in total. The van der Waals surface area contributed by atoms with Crippen LogP contribution in [0, 0.1) is 0 Å². The van der Waals surface area contributed by atoms with Gasteiger partial charge < -0.3 is 23.7 Å². The molecule has 0 spiro atoms. The number of benzene rings is 2. The van der Waals surface area contributed by atoms with Crippen LogP contribution >= 0.6 is 0 Å². The highest BCUT2D eigenvalue weighted by Gasteiger charge is 2.24. The Morgan fingerprint density at radius 2 is 1.54 bits per heavy atom. The Bertz CT molecular complexity index is 943. The van der Waals surface area contributed by atoms with Crippen molar-refractivity contribution in [3.8, 4) is 34.3 Å². The van der Waals surface area contributed by atoms with Crippen LogP contribution in [0.2, 0.25) is 0 Å². The van der Waals surface area contributed by atoms with E-state index in [0.717, 1.165) is 0 Å². The van der Waals surface area contributed by atoms with Crippen LogP contribution in [0.5, 0.6) is 23.0 Å². The van der Waals surface area contributed by atoms with E-state index in [4.69, 9.17) is 18.6 Å². The van der Waals surface area contributed by atoms with Crippen LogP contribution < -0.4 is 19.6 Å². The van der Waals surface area contributed by atoms with E-state index in [1.165, 1.54) is 27.4 Å². The van der Waals surface area contributed by atoms with Crippen LogP contribution in [0.25, 0.3) is 22.3 Å². The molecule has 0 unspecified atom stereocenters. The summed E-state index contributed by atoms with van der Waals surface area (Å²) in [4.78, 5) is 12.9. The quantitative estimate of drug-likeness (QED) is 0.792. The topological polar surface area (TPSA) is 78.1 Å². The molecule has 1 heterocycles. The number of hydrogen-bond acceptors (Lipinski definition) is 6. The van der Waals surface area contributed by atoms with Crippen LogP contribution in [0.3, 0.4) is 0 Å². The zero-order valence-electron chi connectivity index (χ0n) is 13.5. The molecule has 6 heteroatoms. The fourth-order valence-electron chi connectivity index (χ4n) is 2.63.